The number of hydrogen-bond donors (Lipinski definition) is 2. The molecule has 0 aliphatic heterocycles. The molecule has 0 bridgehead atoms. The predicted octanol–water partition coefficient (Wildman–Crippen LogP) is -5.45. The Kier molecular flexibility index (Phi) is 13.0. The van der Waals surface area contributed by atoms with Crippen LogP contribution in [0.2, 0.25) is 0 Å². The van der Waals surface area contributed by atoms with E-state index in [0.717, 1.165) is 16.9 Å². The smallest absolute Gasteiger partial charge is 0.788 e. The Labute approximate surface area is 197 Å². The van der Waals surface area contributed by atoms with Gasteiger partial charge in [-0.15, -0.1) is 11.3 Å². The van der Waals surface area contributed by atoms with Crippen molar-refractivity contribution in [2.24, 2.45) is 0 Å². The van der Waals surface area contributed by atoms with Gasteiger partial charge < -0.3 is 24.7 Å². The topological polar surface area (TPSA) is 134 Å². The average molecular weight is 423 g/mol. The largest absolute Gasteiger partial charge is 1.00 e. The van der Waals surface area contributed by atoms with Crippen LogP contribution in [-0.4, -0.2) is 29.1 Å². The number of aliphatic carboxylic acids is 1. The van der Waals surface area contributed by atoms with Gasteiger partial charge in [0.05, 0.1) is 19.3 Å². The first-order valence-corrected chi connectivity index (χ1v) is 11.0. The summed E-state index contributed by atoms with van der Waals surface area (Å²) in [5.41, 5.74) is 1.07. The van der Waals surface area contributed by atoms with Gasteiger partial charge in [0.2, 0.25) is 5.91 Å². The summed E-state index contributed by atoms with van der Waals surface area (Å²) in [5, 5.41) is 17.3. The summed E-state index contributed by atoms with van der Waals surface area (Å²) in [7, 11) is -3.92. The number of thiazole rings is 1. The number of benzene rings is 1. The molecule has 0 saturated carbocycles. The van der Waals surface area contributed by atoms with Crippen molar-refractivity contribution in [3.63, 3.8) is 0 Å². The molecule has 0 saturated heterocycles. The van der Waals surface area contributed by atoms with Crippen molar-refractivity contribution in [3.8, 4) is 0 Å². The fraction of sp³-hybridized carbons (Fsp3) is 0.353. The molecular weight excluding hydrogens is 403 g/mol. The number of anilines is 1. The van der Waals surface area contributed by atoms with Crippen LogP contribution in [0.15, 0.2) is 35.7 Å². The van der Waals surface area contributed by atoms with E-state index in [0.29, 0.717) is 6.42 Å². The van der Waals surface area contributed by atoms with Crippen molar-refractivity contribution in [1.29, 1.82) is 0 Å². The van der Waals surface area contributed by atoms with Crippen LogP contribution in [0.5, 0.6) is 0 Å². The predicted molar refractivity (Wildman–Crippen MR) is 99.3 cm³/mol. The molecule has 2 aromatic rings. The van der Waals surface area contributed by atoms with Crippen molar-refractivity contribution in [1.82, 2.24) is 10.1 Å². The van der Waals surface area contributed by atoms with Crippen LogP contribution in [0.3, 0.4) is 0 Å². The van der Waals surface area contributed by atoms with Gasteiger partial charge in [-0.25, -0.2) is 4.98 Å². The van der Waals surface area contributed by atoms with E-state index in [-0.39, 0.29) is 67.6 Å². The molecule has 1 amide bonds. The zero-order valence-corrected chi connectivity index (χ0v) is 18.4. The molecule has 2 atom stereocenters. The van der Waals surface area contributed by atoms with Crippen LogP contribution >= 0.6 is 18.9 Å². The van der Waals surface area contributed by atoms with Gasteiger partial charge in [-0.2, -0.15) is 0 Å². The van der Waals surface area contributed by atoms with E-state index in [1.165, 1.54) is 5.38 Å². The van der Waals surface area contributed by atoms with E-state index in [4.69, 9.17) is 0 Å². The molecule has 2 unspecified atom stereocenters. The fourth-order valence-electron chi connectivity index (χ4n) is 2.43. The van der Waals surface area contributed by atoms with Gasteiger partial charge in [0.1, 0.15) is 0 Å². The Bertz CT molecular complexity index is 837. The summed E-state index contributed by atoms with van der Waals surface area (Å²) in [5.74, 6) is -1.82. The molecule has 2 rings (SSSR count). The van der Waals surface area contributed by atoms with E-state index >= 15 is 0 Å². The number of carbonyl (C=O) groups excluding carboxylic acids is 2. The molecule has 0 fully saturated rings. The SMILES string of the molecule is CCCP(=O)([O-])NC(Cc1ccccc1)C(=O)Nc1nc(CC(=O)[O-])cs1.[Li+].[Li+]. The first kappa shape index (κ1) is 28.1. The maximum Gasteiger partial charge on any atom is 1.00 e. The Morgan fingerprint density at radius 3 is 2.48 bits per heavy atom. The zero-order valence-electron chi connectivity index (χ0n) is 16.7. The van der Waals surface area contributed by atoms with E-state index in [2.05, 4.69) is 15.4 Å². The third-order valence-corrected chi connectivity index (χ3v) is 6.12. The van der Waals surface area contributed by atoms with E-state index in [1.807, 2.05) is 6.07 Å². The van der Waals surface area contributed by atoms with Gasteiger partial charge in [0, 0.05) is 23.9 Å². The van der Waals surface area contributed by atoms with Crippen LogP contribution in [0, 0.1) is 0 Å². The normalized spacial score (nSPS) is 13.3. The molecule has 146 valence electrons. The number of aromatic nitrogens is 1. The number of carbonyl (C=O) groups is 2. The quantitative estimate of drug-likeness (QED) is 0.288. The third kappa shape index (κ3) is 10.1. The van der Waals surface area contributed by atoms with Crippen LogP contribution in [0.25, 0.3) is 0 Å². The number of hydrogen-bond acceptors (Lipinski definition) is 7. The molecule has 1 aromatic heterocycles. The number of carboxylic acid groups (broad SMARTS) is 1. The molecule has 12 heteroatoms. The van der Waals surface area contributed by atoms with Crippen molar-refractivity contribution in [3.05, 3.63) is 47.0 Å². The van der Waals surface area contributed by atoms with Crippen LogP contribution in [-0.2, 0) is 27.0 Å². The minimum Gasteiger partial charge on any atom is -0.788 e. The molecule has 8 nitrogen and oxygen atoms in total. The zero-order chi connectivity index (χ0) is 19.9. The van der Waals surface area contributed by atoms with E-state index in [9.17, 15) is 24.2 Å². The van der Waals surface area contributed by atoms with Crippen molar-refractivity contribution < 1.29 is 61.9 Å². The second kappa shape index (κ2) is 13.4. The van der Waals surface area contributed by atoms with Crippen molar-refractivity contribution >= 4 is 35.9 Å². The maximum absolute atomic E-state index is 12.6. The summed E-state index contributed by atoms with van der Waals surface area (Å²) >= 11 is 1.06. The molecule has 0 spiro atoms. The van der Waals surface area contributed by atoms with Gasteiger partial charge in [-0.1, -0.05) is 37.3 Å². The minimum absolute atomic E-state index is 0. The maximum atomic E-state index is 12.6. The van der Waals surface area contributed by atoms with Crippen LogP contribution in [0.1, 0.15) is 24.6 Å². The number of nitrogens with one attached hydrogen (secondary N) is 2. The molecule has 0 aliphatic carbocycles. The Morgan fingerprint density at radius 2 is 1.90 bits per heavy atom. The molecule has 1 aromatic carbocycles. The Morgan fingerprint density at radius 1 is 1.24 bits per heavy atom. The molecule has 0 aliphatic rings. The number of amides is 1. The van der Waals surface area contributed by atoms with Gasteiger partial charge >= 0.3 is 37.7 Å². The number of carboxylic acids is 1. The fourth-order valence-corrected chi connectivity index (χ4v) is 4.54. The second-order valence-corrected chi connectivity index (χ2v) is 8.86. The van der Waals surface area contributed by atoms with Crippen LogP contribution in [0.4, 0.5) is 5.13 Å². The minimum atomic E-state index is -3.92. The Balaban J connectivity index is 0.00000392. The van der Waals surface area contributed by atoms with E-state index < -0.39 is 25.4 Å². The summed E-state index contributed by atoms with van der Waals surface area (Å²) in [6.07, 6.45) is 0.204. The van der Waals surface area contributed by atoms with Crippen molar-refractivity contribution in [2.45, 2.75) is 32.2 Å². The standard InChI is InChI=1S/C17H22N3O5PS.2Li/c1-2-8-26(24,25)20-14(9-12-6-4-3-5-7-12)16(23)19-17-18-13(11-27-17)10-15(21)22;;/h3-7,11,14H,2,8-10H2,1H3,(H,21,22)(H,18,19,23)(H2,20,24,25);;/q;2*+1/p-2. The monoisotopic (exact) mass is 423 g/mol. The van der Waals surface area contributed by atoms with E-state index in [1.54, 1.807) is 31.2 Å². The molecule has 1 heterocycles. The number of rotatable bonds is 10. The molecule has 2 N–H and O–H groups in total. The number of nitrogens with zero attached hydrogens (tertiary/aromatic N) is 1. The third-order valence-electron chi connectivity index (χ3n) is 3.58. The molecule has 0 radical (unpaired) electrons. The second-order valence-electron chi connectivity index (χ2n) is 5.95. The van der Waals surface area contributed by atoms with Gasteiger partial charge in [-0.3, -0.25) is 9.88 Å². The van der Waals surface area contributed by atoms with Crippen LogP contribution < -0.4 is 58.1 Å². The molecule has 29 heavy (non-hydrogen) atoms. The average Bonchev–Trinajstić information content (AvgIpc) is 3.01. The summed E-state index contributed by atoms with van der Waals surface area (Å²) in [4.78, 5) is 39.4. The van der Waals surface area contributed by atoms with Gasteiger partial charge in [0.15, 0.2) is 5.13 Å². The summed E-state index contributed by atoms with van der Waals surface area (Å²) < 4.78 is 12.2. The molecular formula is C17H20Li2N3O5PS. The van der Waals surface area contributed by atoms with Crippen molar-refractivity contribution in [2.75, 3.05) is 11.5 Å². The van der Waals surface area contributed by atoms with Gasteiger partial charge in [0.25, 0.3) is 0 Å². The summed E-state index contributed by atoms with van der Waals surface area (Å²) in [6, 6.07) is 8.05. The van der Waals surface area contributed by atoms with Gasteiger partial charge in [-0.05, 0) is 18.4 Å². The first-order valence-electron chi connectivity index (χ1n) is 8.36. The Hall–Kier alpha value is -0.865. The first-order chi connectivity index (χ1) is 12.8. The summed E-state index contributed by atoms with van der Waals surface area (Å²) in [6.45, 7) is 1.74.